The maximum Gasteiger partial charge on any atom is 0.338 e. The lowest BCUT2D eigenvalue weighted by Gasteiger charge is -2.38. The first-order valence-electron chi connectivity index (χ1n) is 13.9. The molecule has 12 nitrogen and oxygen atoms in total. The van der Waals surface area contributed by atoms with E-state index in [9.17, 15) is 29.1 Å². The van der Waals surface area contributed by atoms with Gasteiger partial charge in [0.25, 0.3) is 0 Å². The zero-order chi connectivity index (χ0) is 30.9. The minimum Gasteiger partial charge on any atom is -0.481 e. The molecule has 0 radical (unpaired) electrons. The molecule has 3 aliphatic rings. The molecule has 3 aliphatic heterocycles. The first kappa shape index (κ1) is 30.1. The number of esters is 1. The van der Waals surface area contributed by atoms with Crippen LogP contribution in [0.5, 0.6) is 0 Å². The Kier molecular flexibility index (Phi) is 8.48. The number of aliphatic imine (C=N–C) groups is 1. The lowest BCUT2D eigenvalue weighted by molar-refractivity contribution is -0.147. The van der Waals surface area contributed by atoms with Crippen molar-refractivity contribution in [2.75, 3.05) is 45.9 Å². The summed E-state index contributed by atoms with van der Waals surface area (Å²) in [4.78, 5) is 52.8. The maximum atomic E-state index is 14.1. The molecular formula is C29H32FN7O5S. The fourth-order valence-electron chi connectivity index (χ4n) is 5.59. The van der Waals surface area contributed by atoms with E-state index in [-0.39, 0.29) is 42.9 Å². The number of amides is 2. The van der Waals surface area contributed by atoms with Gasteiger partial charge in [-0.3, -0.25) is 14.7 Å². The zero-order valence-corrected chi connectivity index (χ0v) is 24.9. The van der Waals surface area contributed by atoms with Crippen LogP contribution in [0.15, 0.2) is 46.0 Å². The summed E-state index contributed by atoms with van der Waals surface area (Å²) in [6.07, 6.45) is 1.63. The standard InChI is InChI=1S/C29H32FN7O5S/c1-4-42-26(38)22-21(15-35-8-9-37-19(13-35)14-36(28(37)41)16-29(2,3)27(39)40)33-24(25-32-7-10-43-25)34-23(22)20-6-5-18(30)11-17(20)12-31/h5-7,10-11,19,23H,4,8-9,13-16H2,1-3H3,(H,33,34)(H,39,40)/t19-,23?/m0/s1. The number of fused-ring (bicyclic) bond motifs is 1. The van der Waals surface area contributed by atoms with Gasteiger partial charge in [0.05, 0.1) is 35.3 Å². The van der Waals surface area contributed by atoms with E-state index in [1.54, 1.807) is 42.1 Å². The highest BCUT2D eigenvalue weighted by atomic mass is 32.1. The van der Waals surface area contributed by atoms with Gasteiger partial charge in [0.1, 0.15) is 11.9 Å². The van der Waals surface area contributed by atoms with Gasteiger partial charge in [-0.05, 0) is 38.5 Å². The van der Waals surface area contributed by atoms with Gasteiger partial charge in [-0.15, -0.1) is 11.3 Å². The van der Waals surface area contributed by atoms with Crippen LogP contribution in [0.25, 0.3) is 0 Å². The van der Waals surface area contributed by atoms with E-state index in [4.69, 9.17) is 9.73 Å². The zero-order valence-electron chi connectivity index (χ0n) is 24.0. The van der Waals surface area contributed by atoms with Crippen LogP contribution >= 0.6 is 11.3 Å². The highest BCUT2D eigenvalue weighted by Crippen LogP contribution is 2.35. The van der Waals surface area contributed by atoms with Gasteiger partial charge in [0.15, 0.2) is 10.8 Å². The number of benzene rings is 1. The van der Waals surface area contributed by atoms with Gasteiger partial charge in [-0.25, -0.2) is 19.0 Å². The number of ether oxygens (including phenoxy) is 1. The predicted octanol–water partition coefficient (Wildman–Crippen LogP) is 2.59. The molecule has 2 amide bonds. The quantitative estimate of drug-likeness (QED) is 0.409. The molecular weight excluding hydrogens is 577 g/mol. The molecule has 2 N–H and O–H groups in total. The molecule has 0 saturated carbocycles. The second-order valence-electron chi connectivity index (χ2n) is 11.2. The van der Waals surface area contributed by atoms with Crippen LogP contribution in [0, 0.1) is 22.6 Å². The van der Waals surface area contributed by atoms with E-state index in [1.165, 1.54) is 23.5 Å². The number of carboxylic acids is 1. The Balaban J connectivity index is 1.47. The van der Waals surface area contributed by atoms with Gasteiger partial charge in [-0.2, -0.15) is 5.26 Å². The van der Waals surface area contributed by atoms with Gasteiger partial charge >= 0.3 is 18.0 Å². The molecule has 4 heterocycles. The number of thiazole rings is 1. The fraction of sp³-hybridized carbons (Fsp3) is 0.448. The van der Waals surface area contributed by atoms with Crippen LogP contribution < -0.4 is 5.32 Å². The van der Waals surface area contributed by atoms with Gasteiger partial charge in [0, 0.05) is 56.5 Å². The van der Waals surface area contributed by atoms with Crippen molar-refractivity contribution >= 4 is 35.1 Å². The Hall–Kier alpha value is -4.35. The largest absolute Gasteiger partial charge is 0.481 e. The normalized spacial score (nSPS) is 20.8. The molecule has 0 aliphatic carbocycles. The van der Waals surface area contributed by atoms with E-state index in [1.807, 2.05) is 6.07 Å². The highest BCUT2D eigenvalue weighted by Gasteiger charge is 2.44. The number of urea groups is 1. The number of aliphatic carboxylic acids is 1. The van der Waals surface area contributed by atoms with Crippen LogP contribution in [0.1, 0.15) is 42.9 Å². The first-order chi connectivity index (χ1) is 20.5. The van der Waals surface area contributed by atoms with Gasteiger partial charge in [0.2, 0.25) is 0 Å². The third-order valence-corrected chi connectivity index (χ3v) is 8.53. The number of halogens is 1. The number of carbonyl (C=O) groups is 3. The van der Waals surface area contributed by atoms with Crippen molar-refractivity contribution in [3.63, 3.8) is 0 Å². The second kappa shape index (κ2) is 12.1. The molecule has 14 heteroatoms. The summed E-state index contributed by atoms with van der Waals surface area (Å²) >= 11 is 1.35. The number of nitrogens with one attached hydrogen (secondary N) is 1. The van der Waals surface area contributed by atoms with Gasteiger partial charge in [-0.1, -0.05) is 6.07 Å². The molecule has 2 saturated heterocycles. The number of nitriles is 1. The topological polar surface area (TPSA) is 151 Å². The molecule has 2 fully saturated rings. The molecule has 2 aromatic rings. The van der Waals surface area contributed by atoms with Crippen molar-refractivity contribution in [3.8, 4) is 6.07 Å². The summed E-state index contributed by atoms with van der Waals surface area (Å²) in [5, 5.41) is 25.0. The van der Waals surface area contributed by atoms with Crippen LogP contribution in [0.3, 0.4) is 0 Å². The highest BCUT2D eigenvalue weighted by molar-refractivity contribution is 7.11. The summed E-state index contributed by atoms with van der Waals surface area (Å²) in [6, 6.07) is 4.53. The van der Waals surface area contributed by atoms with Crippen molar-refractivity contribution in [1.82, 2.24) is 25.0 Å². The monoisotopic (exact) mass is 609 g/mol. The number of piperazine rings is 1. The smallest absolute Gasteiger partial charge is 0.338 e. The number of carbonyl (C=O) groups excluding carboxylic acids is 2. The van der Waals surface area contributed by atoms with Crippen molar-refractivity contribution in [3.05, 3.63) is 63.0 Å². The Morgan fingerprint density at radius 2 is 2.09 bits per heavy atom. The van der Waals surface area contributed by atoms with E-state index < -0.39 is 29.2 Å². The maximum absolute atomic E-state index is 14.1. The Labute approximate surface area is 252 Å². The van der Waals surface area contributed by atoms with Crippen molar-refractivity contribution in [2.24, 2.45) is 10.4 Å². The van der Waals surface area contributed by atoms with E-state index >= 15 is 0 Å². The molecule has 2 atom stereocenters. The number of rotatable bonds is 9. The molecule has 1 unspecified atom stereocenters. The average molecular weight is 610 g/mol. The van der Waals surface area contributed by atoms with E-state index in [0.29, 0.717) is 48.3 Å². The summed E-state index contributed by atoms with van der Waals surface area (Å²) in [5.41, 5.74) is 0.0534. The Morgan fingerprint density at radius 3 is 2.77 bits per heavy atom. The minimum atomic E-state index is -1.08. The summed E-state index contributed by atoms with van der Waals surface area (Å²) < 4.78 is 19.5. The third-order valence-electron chi connectivity index (χ3n) is 7.75. The lowest BCUT2D eigenvalue weighted by atomic mass is 9.92. The third kappa shape index (κ3) is 6.09. The average Bonchev–Trinajstić information content (AvgIpc) is 3.61. The number of aromatic nitrogens is 1. The lowest BCUT2D eigenvalue weighted by Crippen LogP contribution is -2.53. The van der Waals surface area contributed by atoms with Crippen LogP contribution in [-0.2, 0) is 14.3 Å². The SMILES string of the molecule is CCOC(=O)C1=C(CN2CCN3C(=O)N(CC(C)(C)C(=O)O)C[C@@H]3C2)NC(c2nccs2)=NC1c1ccc(F)cc1C#N. The molecule has 1 aromatic carbocycles. The summed E-state index contributed by atoms with van der Waals surface area (Å²) in [7, 11) is 0. The van der Waals surface area contributed by atoms with Crippen LogP contribution in [0.4, 0.5) is 9.18 Å². The molecule has 1 aromatic heterocycles. The molecule has 5 rings (SSSR count). The second-order valence-corrected chi connectivity index (χ2v) is 12.1. The van der Waals surface area contributed by atoms with E-state index in [2.05, 4.69) is 15.2 Å². The number of amidine groups is 1. The molecule has 0 spiro atoms. The molecule has 0 bridgehead atoms. The molecule has 43 heavy (non-hydrogen) atoms. The fourth-order valence-corrected chi connectivity index (χ4v) is 6.18. The Morgan fingerprint density at radius 1 is 1.30 bits per heavy atom. The first-order valence-corrected chi connectivity index (χ1v) is 14.8. The summed E-state index contributed by atoms with van der Waals surface area (Å²) in [5.74, 6) is -1.75. The van der Waals surface area contributed by atoms with E-state index in [0.717, 1.165) is 6.07 Å². The number of nitrogens with zero attached hydrogens (tertiary/aromatic N) is 6. The minimum absolute atomic E-state index is 0.0535. The van der Waals surface area contributed by atoms with Gasteiger partial charge < -0.3 is 25.0 Å². The van der Waals surface area contributed by atoms with Crippen LogP contribution in [-0.4, -0.2) is 101 Å². The van der Waals surface area contributed by atoms with Crippen LogP contribution in [0.2, 0.25) is 0 Å². The Bertz CT molecular complexity index is 1530. The number of carboxylic acid groups (broad SMARTS) is 1. The van der Waals surface area contributed by atoms with Crippen molar-refractivity contribution < 1.29 is 28.6 Å². The number of hydrogen-bond donors (Lipinski definition) is 2. The molecule has 226 valence electrons. The summed E-state index contributed by atoms with van der Waals surface area (Å²) in [6.45, 7) is 7.20. The number of hydrogen-bond acceptors (Lipinski definition) is 10. The predicted molar refractivity (Wildman–Crippen MR) is 155 cm³/mol. The van der Waals surface area contributed by atoms with Crippen molar-refractivity contribution in [2.45, 2.75) is 32.9 Å². The van der Waals surface area contributed by atoms with Crippen molar-refractivity contribution in [1.29, 1.82) is 5.26 Å².